The summed E-state index contributed by atoms with van der Waals surface area (Å²) in [5.74, 6) is 2.35. The van der Waals surface area contributed by atoms with Crippen molar-refractivity contribution in [3.8, 4) is 0 Å². The first kappa shape index (κ1) is 16.3. The molecular formula is C21H29N5. The van der Waals surface area contributed by atoms with E-state index in [4.69, 9.17) is 9.97 Å². The van der Waals surface area contributed by atoms with Gasteiger partial charge in [0.1, 0.15) is 11.6 Å². The zero-order valence-electron chi connectivity index (χ0n) is 15.6. The highest BCUT2D eigenvalue weighted by molar-refractivity contribution is 5.40. The third-order valence-electron chi connectivity index (χ3n) is 6.28. The van der Waals surface area contributed by atoms with Gasteiger partial charge in [-0.1, -0.05) is 6.07 Å². The molecule has 138 valence electrons. The van der Waals surface area contributed by atoms with Gasteiger partial charge in [0.15, 0.2) is 0 Å². The number of nitrogens with one attached hydrogen (secondary N) is 1. The van der Waals surface area contributed by atoms with E-state index < -0.39 is 0 Å². The van der Waals surface area contributed by atoms with Crippen molar-refractivity contribution in [2.45, 2.75) is 64.0 Å². The Balaban J connectivity index is 1.29. The van der Waals surface area contributed by atoms with Crippen LogP contribution in [0.2, 0.25) is 0 Å². The molecule has 0 bridgehead atoms. The molecule has 1 atom stereocenters. The number of imidazole rings is 1. The molecule has 2 aliphatic heterocycles. The van der Waals surface area contributed by atoms with E-state index >= 15 is 0 Å². The number of hydrogen-bond donors (Lipinski definition) is 1. The van der Waals surface area contributed by atoms with E-state index in [-0.39, 0.29) is 0 Å². The number of nitrogens with zero attached hydrogens (tertiary/aromatic N) is 4. The fourth-order valence-corrected chi connectivity index (χ4v) is 4.84. The first-order valence-electron chi connectivity index (χ1n) is 10.4. The Kier molecular flexibility index (Phi) is 4.41. The Hall–Kier alpha value is -1.88. The lowest BCUT2D eigenvalue weighted by atomic mass is 10.0. The second kappa shape index (κ2) is 7.03. The molecule has 1 N–H and O–H groups in total. The standard InChI is InChI=1S/C21H29N5/c1-2-7-18-17(6-1)23-21(24-18)19-8-5-13-26(19)15-16-9-10-20(22-14-16)25-11-3-4-12-25/h9-10,14,19H,1-8,11-13,15H2,(H,23,24)/t19-/m1/s1. The van der Waals surface area contributed by atoms with Crippen LogP contribution in [0.1, 0.15) is 67.3 Å². The van der Waals surface area contributed by atoms with Crippen LogP contribution in [0, 0.1) is 0 Å². The van der Waals surface area contributed by atoms with Gasteiger partial charge in [-0.2, -0.15) is 0 Å². The van der Waals surface area contributed by atoms with E-state index in [1.165, 1.54) is 67.7 Å². The van der Waals surface area contributed by atoms with Crippen LogP contribution in [-0.2, 0) is 19.4 Å². The molecule has 5 nitrogen and oxygen atoms in total. The minimum atomic E-state index is 0.443. The average Bonchev–Trinajstić information content (AvgIpc) is 3.42. The highest BCUT2D eigenvalue weighted by Gasteiger charge is 2.29. The van der Waals surface area contributed by atoms with Gasteiger partial charge in [0.05, 0.1) is 11.7 Å². The van der Waals surface area contributed by atoms with Gasteiger partial charge in [-0.3, -0.25) is 4.90 Å². The van der Waals surface area contributed by atoms with E-state index in [1.807, 2.05) is 0 Å². The lowest BCUT2D eigenvalue weighted by molar-refractivity contribution is 0.240. The number of aromatic amines is 1. The van der Waals surface area contributed by atoms with Crippen molar-refractivity contribution >= 4 is 5.82 Å². The smallest absolute Gasteiger partial charge is 0.128 e. The Morgan fingerprint density at radius 1 is 1.00 bits per heavy atom. The summed E-state index contributed by atoms with van der Waals surface area (Å²) in [6, 6.07) is 4.92. The van der Waals surface area contributed by atoms with E-state index in [0.29, 0.717) is 6.04 Å². The van der Waals surface area contributed by atoms with Crippen LogP contribution in [0.25, 0.3) is 0 Å². The summed E-state index contributed by atoms with van der Waals surface area (Å²) in [5.41, 5.74) is 4.04. The number of aromatic nitrogens is 3. The number of hydrogen-bond acceptors (Lipinski definition) is 4. The van der Waals surface area contributed by atoms with Gasteiger partial charge in [0.2, 0.25) is 0 Å². The Bertz CT molecular complexity index is 721. The first-order valence-corrected chi connectivity index (χ1v) is 10.4. The Labute approximate surface area is 155 Å². The first-order chi connectivity index (χ1) is 12.9. The van der Waals surface area contributed by atoms with Gasteiger partial charge < -0.3 is 9.88 Å². The molecule has 5 rings (SSSR count). The quantitative estimate of drug-likeness (QED) is 0.914. The van der Waals surface area contributed by atoms with Crippen molar-refractivity contribution in [2.24, 2.45) is 0 Å². The van der Waals surface area contributed by atoms with Gasteiger partial charge in [-0.15, -0.1) is 0 Å². The van der Waals surface area contributed by atoms with Gasteiger partial charge in [-0.25, -0.2) is 9.97 Å². The summed E-state index contributed by atoms with van der Waals surface area (Å²) < 4.78 is 0. The minimum absolute atomic E-state index is 0.443. The molecule has 0 amide bonds. The molecule has 0 spiro atoms. The maximum absolute atomic E-state index is 4.97. The molecule has 2 aromatic rings. The highest BCUT2D eigenvalue weighted by Crippen LogP contribution is 2.33. The zero-order chi connectivity index (χ0) is 17.3. The molecular weight excluding hydrogens is 322 g/mol. The zero-order valence-corrected chi connectivity index (χ0v) is 15.6. The van der Waals surface area contributed by atoms with Crippen LogP contribution in [0.15, 0.2) is 18.3 Å². The van der Waals surface area contributed by atoms with Crippen molar-refractivity contribution in [3.05, 3.63) is 41.1 Å². The van der Waals surface area contributed by atoms with Gasteiger partial charge >= 0.3 is 0 Å². The summed E-state index contributed by atoms with van der Waals surface area (Å²) in [6.07, 6.45) is 12.1. The van der Waals surface area contributed by atoms with Crippen molar-refractivity contribution in [1.82, 2.24) is 19.9 Å². The van der Waals surface area contributed by atoms with Crippen LogP contribution in [0.5, 0.6) is 0 Å². The van der Waals surface area contributed by atoms with Crippen molar-refractivity contribution in [2.75, 3.05) is 24.5 Å². The second-order valence-electron chi connectivity index (χ2n) is 8.10. The average molecular weight is 351 g/mol. The van der Waals surface area contributed by atoms with Crippen LogP contribution >= 0.6 is 0 Å². The lowest BCUT2D eigenvalue weighted by Crippen LogP contribution is -2.24. The van der Waals surface area contributed by atoms with E-state index in [1.54, 1.807) is 0 Å². The largest absolute Gasteiger partial charge is 0.357 e. The van der Waals surface area contributed by atoms with Crippen LogP contribution in [-0.4, -0.2) is 39.5 Å². The fraction of sp³-hybridized carbons (Fsp3) is 0.619. The molecule has 2 fully saturated rings. The molecule has 26 heavy (non-hydrogen) atoms. The highest BCUT2D eigenvalue weighted by atomic mass is 15.2. The SMILES string of the molecule is c1cc(N2CCCC2)ncc1CN1CCC[C@@H]1c1nc2c([nH]1)CCCC2. The van der Waals surface area contributed by atoms with Gasteiger partial charge in [-0.05, 0) is 69.5 Å². The van der Waals surface area contributed by atoms with Gasteiger partial charge in [0, 0.05) is 31.5 Å². The Morgan fingerprint density at radius 2 is 1.88 bits per heavy atom. The number of rotatable bonds is 4. The summed E-state index contributed by atoms with van der Waals surface area (Å²) >= 11 is 0. The molecule has 0 unspecified atom stereocenters. The molecule has 2 aromatic heterocycles. The third-order valence-corrected chi connectivity index (χ3v) is 6.28. The number of aryl methyl sites for hydroxylation is 2. The summed E-state index contributed by atoms with van der Waals surface area (Å²) in [7, 11) is 0. The molecule has 1 aliphatic carbocycles. The molecule has 0 radical (unpaired) electrons. The number of anilines is 1. The summed E-state index contributed by atoms with van der Waals surface area (Å²) in [4.78, 5) is 18.3. The number of likely N-dealkylation sites (tertiary alicyclic amines) is 1. The topological polar surface area (TPSA) is 48.1 Å². The Morgan fingerprint density at radius 3 is 2.69 bits per heavy atom. The summed E-state index contributed by atoms with van der Waals surface area (Å²) in [6.45, 7) is 4.45. The molecule has 2 saturated heterocycles. The molecule has 4 heterocycles. The van der Waals surface area contributed by atoms with E-state index in [9.17, 15) is 0 Å². The minimum Gasteiger partial charge on any atom is -0.357 e. The van der Waals surface area contributed by atoms with Crippen LogP contribution in [0.4, 0.5) is 5.82 Å². The van der Waals surface area contributed by atoms with E-state index in [0.717, 1.165) is 38.4 Å². The fourth-order valence-electron chi connectivity index (χ4n) is 4.84. The number of pyridine rings is 1. The van der Waals surface area contributed by atoms with Crippen molar-refractivity contribution < 1.29 is 0 Å². The maximum Gasteiger partial charge on any atom is 0.128 e. The van der Waals surface area contributed by atoms with Crippen LogP contribution in [0.3, 0.4) is 0 Å². The van der Waals surface area contributed by atoms with Gasteiger partial charge in [0.25, 0.3) is 0 Å². The molecule has 3 aliphatic rings. The predicted molar refractivity (Wildman–Crippen MR) is 103 cm³/mol. The lowest BCUT2D eigenvalue weighted by Gasteiger charge is -2.23. The summed E-state index contributed by atoms with van der Waals surface area (Å²) in [5, 5.41) is 0. The second-order valence-corrected chi connectivity index (χ2v) is 8.10. The molecule has 0 saturated carbocycles. The normalized spacial score (nSPS) is 23.5. The number of H-pyrrole nitrogens is 1. The third kappa shape index (κ3) is 3.13. The van der Waals surface area contributed by atoms with Crippen molar-refractivity contribution in [1.29, 1.82) is 0 Å². The van der Waals surface area contributed by atoms with Crippen molar-refractivity contribution in [3.63, 3.8) is 0 Å². The van der Waals surface area contributed by atoms with Crippen LogP contribution < -0.4 is 4.90 Å². The monoisotopic (exact) mass is 351 g/mol. The molecule has 0 aromatic carbocycles. The number of fused-ring (bicyclic) bond motifs is 1. The van der Waals surface area contributed by atoms with E-state index in [2.05, 4.69) is 33.1 Å². The maximum atomic E-state index is 4.97. The predicted octanol–water partition coefficient (Wildman–Crippen LogP) is 3.62. The molecule has 5 heteroatoms.